The third kappa shape index (κ3) is 4.43. The van der Waals surface area contributed by atoms with Crippen molar-refractivity contribution >= 4 is 63.0 Å². The van der Waals surface area contributed by atoms with Crippen molar-refractivity contribution in [1.82, 2.24) is 9.47 Å². The van der Waals surface area contributed by atoms with Crippen LogP contribution in [0.1, 0.15) is 17.0 Å². The summed E-state index contributed by atoms with van der Waals surface area (Å²) >= 11 is 6.92. The lowest BCUT2D eigenvalue weighted by Gasteiger charge is -2.13. The Morgan fingerprint density at radius 1 is 1.00 bits per heavy atom. The number of hydrogen-bond donors (Lipinski definition) is 1. The molecular formula is C28H22ClN3O3S. The number of thioether (sulfide) groups is 1. The maximum absolute atomic E-state index is 13.0. The van der Waals surface area contributed by atoms with Crippen molar-refractivity contribution in [3.63, 3.8) is 0 Å². The summed E-state index contributed by atoms with van der Waals surface area (Å²) < 4.78 is 2.15. The van der Waals surface area contributed by atoms with Crippen LogP contribution in [0.15, 0.2) is 77.7 Å². The number of anilines is 1. The van der Waals surface area contributed by atoms with Gasteiger partial charge in [-0.3, -0.25) is 19.3 Å². The standard InChI is InChI=1S/C28H22ClN3O3S/c1-17-14-20(18(2)32(17)24-13-7-9-19-8-3-4-10-21(19)24)15-25-27(34)31(28(35)36-25)16-26(33)30-23-12-6-5-11-22(23)29/h3-15H,16H2,1-2H3,(H,30,33)/b25-15+. The molecule has 8 heteroatoms. The van der Waals surface area contributed by atoms with Gasteiger partial charge in [0.1, 0.15) is 6.54 Å². The number of aryl methyl sites for hydroxylation is 1. The number of nitrogens with one attached hydrogen (secondary N) is 1. The van der Waals surface area contributed by atoms with Crippen LogP contribution in [-0.4, -0.2) is 33.1 Å². The van der Waals surface area contributed by atoms with Crippen LogP contribution < -0.4 is 5.32 Å². The van der Waals surface area contributed by atoms with E-state index in [0.29, 0.717) is 10.7 Å². The van der Waals surface area contributed by atoms with E-state index in [2.05, 4.69) is 34.1 Å². The van der Waals surface area contributed by atoms with Gasteiger partial charge in [-0.1, -0.05) is 60.1 Å². The Morgan fingerprint density at radius 2 is 1.72 bits per heavy atom. The van der Waals surface area contributed by atoms with Gasteiger partial charge in [0.2, 0.25) is 5.91 Å². The van der Waals surface area contributed by atoms with Crippen molar-refractivity contribution in [2.45, 2.75) is 13.8 Å². The highest BCUT2D eigenvalue weighted by atomic mass is 35.5. The molecule has 0 atom stereocenters. The van der Waals surface area contributed by atoms with E-state index < -0.39 is 17.1 Å². The Labute approximate surface area is 217 Å². The van der Waals surface area contributed by atoms with Gasteiger partial charge in [0.15, 0.2) is 0 Å². The van der Waals surface area contributed by atoms with E-state index >= 15 is 0 Å². The van der Waals surface area contributed by atoms with E-state index in [1.165, 1.54) is 0 Å². The molecule has 36 heavy (non-hydrogen) atoms. The van der Waals surface area contributed by atoms with Gasteiger partial charge >= 0.3 is 0 Å². The summed E-state index contributed by atoms with van der Waals surface area (Å²) in [5, 5.41) is 4.80. The summed E-state index contributed by atoms with van der Waals surface area (Å²) in [5.74, 6) is -0.991. The molecule has 1 saturated heterocycles. The Morgan fingerprint density at radius 3 is 2.53 bits per heavy atom. The van der Waals surface area contributed by atoms with Crippen molar-refractivity contribution < 1.29 is 14.4 Å². The zero-order chi connectivity index (χ0) is 25.4. The molecule has 3 amide bonds. The molecule has 180 valence electrons. The number of benzene rings is 3. The second-order valence-corrected chi connectivity index (χ2v) is 9.86. The number of hydrogen-bond acceptors (Lipinski definition) is 4. The smallest absolute Gasteiger partial charge is 0.294 e. The molecule has 0 aliphatic carbocycles. The molecule has 2 heterocycles. The van der Waals surface area contributed by atoms with Gasteiger partial charge in [-0.25, -0.2) is 0 Å². The molecule has 0 saturated carbocycles. The molecule has 1 N–H and O–H groups in total. The van der Waals surface area contributed by atoms with Gasteiger partial charge in [0, 0.05) is 16.8 Å². The zero-order valence-electron chi connectivity index (χ0n) is 19.6. The zero-order valence-corrected chi connectivity index (χ0v) is 21.2. The fraction of sp³-hybridized carbons (Fsp3) is 0.107. The molecule has 4 aromatic rings. The number of nitrogens with zero attached hydrogens (tertiary/aromatic N) is 2. The number of rotatable bonds is 5. The highest BCUT2D eigenvalue weighted by Gasteiger charge is 2.36. The van der Waals surface area contributed by atoms with Gasteiger partial charge < -0.3 is 9.88 Å². The van der Waals surface area contributed by atoms with Crippen LogP contribution in [0.5, 0.6) is 0 Å². The summed E-state index contributed by atoms with van der Waals surface area (Å²) in [5.41, 5.74) is 4.27. The number of carbonyl (C=O) groups excluding carboxylic acids is 3. The summed E-state index contributed by atoms with van der Waals surface area (Å²) in [6.07, 6.45) is 1.72. The van der Waals surface area contributed by atoms with Crippen molar-refractivity contribution in [2.24, 2.45) is 0 Å². The lowest BCUT2D eigenvalue weighted by molar-refractivity contribution is -0.127. The lowest BCUT2D eigenvalue weighted by atomic mass is 10.1. The number of aromatic nitrogens is 1. The molecular weight excluding hydrogens is 494 g/mol. The van der Waals surface area contributed by atoms with Crippen LogP contribution in [0.25, 0.3) is 22.5 Å². The first-order valence-electron chi connectivity index (χ1n) is 11.3. The fourth-order valence-electron chi connectivity index (χ4n) is 4.38. The second kappa shape index (κ2) is 9.68. The molecule has 1 fully saturated rings. The monoisotopic (exact) mass is 515 g/mol. The normalized spacial score (nSPS) is 14.8. The van der Waals surface area contributed by atoms with Crippen LogP contribution >= 0.6 is 23.4 Å². The number of fused-ring (bicyclic) bond motifs is 1. The van der Waals surface area contributed by atoms with Crippen molar-refractivity contribution in [3.05, 3.63) is 99.7 Å². The van der Waals surface area contributed by atoms with Gasteiger partial charge in [-0.15, -0.1) is 0 Å². The SMILES string of the molecule is Cc1cc(/C=C2/SC(=O)N(CC(=O)Nc3ccccc3Cl)C2=O)c(C)n1-c1cccc2ccccc12. The van der Waals surface area contributed by atoms with Crippen LogP contribution in [0.2, 0.25) is 5.02 Å². The first kappa shape index (κ1) is 23.9. The fourth-order valence-corrected chi connectivity index (χ4v) is 5.39. The van der Waals surface area contributed by atoms with E-state index in [4.69, 9.17) is 11.6 Å². The summed E-state index contributed by atoms with van der Waals surface area (Å²) in [6.45, 7) is 3.61. The molecule has 0 unspecified atom stereocenters. The largest absolute Gasteiger partial charge is 0.323 e. The van der Waals surface area contributed by atoms with E-state index in [0.717, 1.165) is 50.1 Å². The van der Waals surface area contributed by atoms with E-state index in [-0.39, 0.29) is 11.4 Å². The van der Waals surface area contributed by atoms with Crippen LogP contribution in [-0.2, 0) is 9.59 Å². The number of para-hydroxylation sites is 1. The minimum atomic E-state index is -0.499. The molecule has 0 bridgehead atoms. The van der Waals surface area contributed by atoms with Crippen LogP contribution in [0.4, 0.5) is 10.5 Å². The molecule has 1 aliphatic heterocycles. The molecule has 3 aromatic carbocycles. The summed E-state index contributed by atoms with van der Waals surface area (Å²) in [4.78, 5) is 39.3. The Balaban J connectivity index is 1.40. The van der Waals surface area contributed by atoms with Crippen LogP contribution in [0, 0.1) is 13.8 Å². The number of carbonyl (C=O) groups is 3. The Hall–Kier alpha value is -3.81. The number of imide groups is 1. The van der Waals surface area contributed by atoms with Crippen LogP contribution in [0.3, 0.4) is 0 Å². The number of amides is 3. The van der Waals surface area contributed by atoms with Gasteiger partial charge in [-0.2, -0.15) is 0 Å². The highest BCUT2D eigenvalue weighted by Crippen LogP contribution is 2.34. The van der Waals surface area contributed by atoms with Gasteiger partial charge in [-0.05, 0) is 66.9 Å². The summed E-state index contributed by atoms with van der Waals surface area (Å²) in [7, 11) is 0. The maximum Gasteiger partial charge on any atom is 0.294 e. The molecule has 5 rings (SSSR count). The van der Waals surface area contributed by atoms with E-state index in [1.54, 1.807) is 30.3 Å². The molecule has 1 aliphatic rings. The maximum atomic E-state index is 13.0. The van der Waals surface area contributed by atoms with E-state index in [1.807, 2.05) is 38.1 Å². The Bertz CT molecular complexity index is 1570. The minimum absolute atomic E-state index is 0.281. The molecule has 6 nitrogen and oxygen atoms in total. The first-order valence-corrected chi connectivity index (χ1v) is 12.5. The minimum Gasteiger partial charge on any atom is -0.323 e. The van der Waals surface area contributed by atoms with Gasteiger partial charge in [0.05, 0.1) is 21.3 Å². The van der Waals surface area contributed by atoms with Crippen molar-refractivity contribution in [2.75, 3.05) is 11.9 Å². The van der Waals surface area contributed by atoms with Gasteiger partial charge in [0.25, 0.3) is 11.1 Å². The van der Waals surface area contributed by atoms with E-state index in [9.17, 15) is 14.4 Å². The lowest BCUT2D eigenvalue weighted by Crippen LogP contribution is -2.36. The third-order valence-corrected chi connectivity index (χ3v) is 7.32. The Kier molecular flexibility index (Phi) is 6.43. The van der Waals surface area contributed by atoms with Crippen molar-refractivity contribution in [3.8, 4) is 5.69 Å². The highest BCUT2D eigenvalue weighted by molar-refractivity contribution is 8.18. The average Bonchev–Trinajstić information content (AvgIpc) is 3.29. The van der Waals surface area contributed by atoms with Crippen molar-refractivity contribution in [1.29, 1.82) is 0 Å². The molecule has 0 radical (unpaired) electrons. The first-order chi connectivity index (χ1) is 17.3. The quantitative estimate of drug-likeness (QED) is 0.305. The topological polar surface area (TPSA) is 71.4 Å². The number of halogens is 1. The predicted molar refractivity (Wildman–Crippen MR) is 146 cm³/mol. The summed E-state index contributed by atoms with van der Waals surface area (Å²) in [6, 6.07) is 23.1. The second-order valence-electron chi connectivity index (χ2n) is 8.46. The third-order valence-electron chi connectivity index (χ3n) is 6.09. The molecule has 1 aromatic heterocycles. The predicted octanol–water partition coefficient (Wildman–Crippen LogP) is 6.58. The average molecular weight is 516 g/mol. The molecule has 0 spiro atoms.